The molecule has 0 fully saturated rings. The summed E-state index contributed by atoms with van der Waals surface area (Å²) in [5, 5.41) is 10.8. The molecule has 4 rings (SSSR count). The summed E-state index contributed by atoms with van der Waals surface area (Å²) >= 11 is 0. The Kier molecular flexibility index (Phi) is 11.5. The van der Waals surface area contributed by atoms with Crippen LogP contribution in [-0.2, 0) is 33.5 Å². The molecule has 10 nitrogen and oxygen atoms in total. The highest BCUT2D eigenvalue weighted by Gasteiger charge is 2.41. The van der Waals surface area contributed by atoms with Gasteiger partial charge >= 0.3 is 11.6 Å². The van der Waals surface area contributed by atoms with Crippen molar-refractivity contribution in [1.29, 1.82) is 0 Å². The van der Waals surface area contributed by atoms with Crippen LogP contribution >= 0.6 is 7.34 Å². The number of rotatable bonds is 17. The molecule has 0 bridgehead atoms. The maximum atomic E-state index is 13.4. The number of benzene rings is 2. The number of anilines is 1. The Morgan fingerprint density at radius 1 is 0.956 bits per heavy atom. The number of hydrogen-bond donors (Lipinski definition) is 4. The van der Waals surface area contributed by atoms with E-state index in [9.17, 15) is 13.6 Å². The van der Waals surface area contributed by atoms with Gasteiger partial charge in [-0.1, -0.05) is 18.2 Å². The first-order valence-corrected chi connectivity index (χ1v) is 16.4. The maximum absolute atomic E-state index is 13.4. The van der Waals surface area contributed by atoms with Gasteiger partial charge in [-0.25, -0.2) is 4.98 Å². The number of aryl methyl sites for hydroxylation is 4. The molecule has 0 aliphatic rings. The minimum absolute atomic E-state index is 0.0482. The summed E-state index contributed by atoms with van der Waals surface area (Å²) in [5.41, 5.74) is 8.09. The average Bonchev–Trinajstić information content (AvgIpc) is 2.98. The Balaban J connectivity index is 1.25. The second-order valence-corrected chi connectivity index (χ2v) is 12.9. The van der Waals surface area contributed by atoms with Crippen molar-refractivity contribution in [2.75, 3.05) is 38.8 Å². The van der Waals surface area contributed by atoms with E-state index < -0.39 is 25.4 Å². The first kappa shape index (κ1) is 34.2. The van der Waals surface area contributed by atoms with Crippen molar-refractivity contribution < 1.29 is 42.7 Å². The number of aliphatic carboxylic acids is 1. The standard InChI is InChI=1S/C32H38F2N3O7P/c1-21-17-25(44-16-15-43-14-13-42-12-11-32(33,34)45(2,40)41)8-7-24(21)6-3-23-18-27-26-9-4-22(5-10-29(38)39)19-28(26)37-31(35)30(27)36-20-23/h4,7-9,17-20,40-41H,2-3,5-6,10-16H2,1H3,(H2,35,37)(H,38,39). The van der Waals surface area contributed by atoms with E-state index in [-0.39, 0.29) is 32.8 Å². The highest BCUT2D eigenvalue weighted by molar-refractivity contribution is 7.63. The summed E-state index contributed by atoms with van der Waals surface area (Å²) in [6.45, 7) is 2.55. The number of fused-ring (bicyclic) bond motifs is 3. The predicted molar refractivity (Wildman–Crippen MR) is 171 cm³/mol. The molecule has 0 spiro atoms. The first-order chi connectivity index (χ1) is 21.3. The van der Waals surface area contributed by atoms with E-state index in [1.54, 1.807) is 0 Å². The van der Waals surface area contributed by atoms with Gasteiger partial charge in [-0.3, -0.25) is 9.78 Å². The highest BCUT2D eigenvalue weighted by atomic mass is 31.2. The predicted octanol–water partition coefficient (Wildman–Crippen LogP) is 5.14. The van der Waals surface area contributed by atoms with Gasteiger partial charge in [0.15, 0.2) is 13.2 Å². The van der Waals surface area contributed by atoms with Crippen LogP contribution in [0.3, 0.4) is 0 Å². The Labute approximate surface area is 259 Å². The van der Waals surface area contributed by atoms with Crippen LogP contribution in [0.1, 0.15) is 35.1 Å². The van der Waals surface area contributed by atoms with E-state index >= 15 is 0 Å². The van der Waals surface area contributed by atoms with Crippen LogP contribution in [0.25, 0.3) is 21.8 Å². The van der Waals surface area contributed by atoms with E-state index in [4.69, 9.17) is 34.8 Å². The van der Waals surface area contributed by atoms with Crippen LogP contribution in [-0.4, -0.2) is 75.8 Å². The molecule has 45 heavy (non-hydrogen) atoms. The van der Waals surface area contributed by atoms with E-state index in [1.807, 2.05) is 49.5 Å². The van der Waals surface area contributed by atoms with Crippen molar-refractivity contribution in [2.45, 2.75) is 44.7 Å². The molecule has 242 valence electrons. The number of nitrogens with zero attached hydrogens (tertiary/aromatic N) is 2. The zero-order chi connectivity index (χ0) is 32.6. The number of carbonyl (C=O) groups is 1. The quantitative estimate of drug-likeness (QED) is 0.0689. The van der Waals surface area contributed by atoms with Crippen LogP contribution in [0.4, 0.5) is 14.6 Å². The summed E-state index contributed by atoms with van der Waals surface area (Å²) < 4.78 is 43.1. The van der Waals surface area contributed by atoms with Gasteiger partial charge in [0.25, 0.3) is 0 Å². The number of nitrogen functional groups attached to an aromatic ring is 1. The number of pyridine rings is 2. The zero-order valence-electron chi connectivity index (χ0n) is 25.0. The third kappa shape index (κ3) is 9.42. The minimum atomic E-state index is -4.50. The molecule has 0 aliphatic carbocycles. The molecule has 2 aromatic carbocycles. The Bertz CT molecular complexity index is 1700. The summed E-state index contributed by atoms with van der Waals surface area (Å²) in [4.78, 5) is 38.1. The third-order valence-electron chi connectivity index (χ3n) is 7.34. The number of nitrogens with two attached hydrogens (primary N) is 1. The molecule has 0 saturated heterocycles. The minimum Gasteiger partial charge on any atom is -0.491 e. The Hall–Kier alpha value is -3.67. The van der Waals surface area contributed by atoms with Gasteiger partial charge in [0.05, 0.1) is 31.9 Å². The Morgan fingerprint density at radius 3 is 2.40 bits per heavy atom. The molecule has 0 unspecified atom stereocenters. The van der Waals surface area contributed by atoms with E-state index in [2.05, 4.69) is 22.3 Å². The van der Waals surface area contributed by atoms with Crippen molar-refractivity contribution >= 4 is 47.2 Å². The van der Waals surface area contributed by atoms with Crippen LogP contribution < -0.4 is 10.5 Å². The molecule has 2 aromatic heterocycles. The van der Waals surface area contributed by atoms with Crippen molar-refractivity contribution in [1.82, 2.24) is 9.97 Å². The summed E-state index contributed by atoms with van der Waals surface area (Å²) in [5.74, 6) is 0.193. The van der Waals surface area contributed by atoms with Crippen LogP contribution in [0.2, 0.25) is 0 Å². The fraction of sp³-hybridized carbons (Fsp3) is 0.375. The number of hydrogen-bond acceptors (Lipinski definition) is 9. The molecule has 0 saturated carbocycles. The fourth-order valence-corrected chi connectivity index (χ4v) is 5.22. The van der Waals surface area contributed by atoms with Gasteiger partial charge in [0, 0.05) is 29.8 Å². The first-order valence-electron chi connectivity index (χ1n) is 14.5. The van der Waals surface area contributed by atoms with Gasteiger partial charge in [0.1, 0.15) is 17.9 Å². The van der Waals surface area contributed by atoms with Crippen LogP contribution in [0, 0.1) is 6.92 Å². The largest absolute Gasteiger partial charge is 0.491 e. The smallest absolute Gasteiger partial charge is 0.311 e. The summed E-state index contributed by atoms with van der Waals surface area (Å²) in [6.07, 6.45) is 5.75. The lowest BCUT2D eigenvalue weighted by molar-refractivity contribution is -0.136. The SMILES string of the molecule is C=P(O)(O)C(F)(F)CCOCCOCCOc1ccc(CCc2cnc3c(N)nc4cc(CCC(=O)O)ccc4c3c2)c(C)c1. The second kappa shape index (κ2) is 15.1. The Morgan fingerprint density at radius 2 is 1.69 bits per heavy atom. The van der Waals surface area contributed by atoms with Crippen LogP contribution in [0.15, 0.2) is 48.7 Å². The second-order valence-electron chi connectivity index (χ2n) is 10.8. The monoisotopic (exact) mass is 645 g/mol. The lowest BCUT2D eigenvalue weighted by atomic mass is 9.99. The van der Waals surface area contributed by atoms with Crippen molar-refractivity contribution in [3.05, 3.63) is 70.9 Å². The normalized spacial score (nSPS) is 12.2. The molecule has 5 N–H and O–H groups in total. The summed E-state index contributed by atoms with van der Waals surface area (Å²) in [6, 6.07) is 13.7. The average molecular weight is 646 g/mol. The van der Waals surface area contributed by atoms with E-state index in [1.165, 1.54) is 5.56 Å². The molecule has 0 atom stereocenters. The number of carboxylic acids is 1. The molecular weight excluding hydrogens is 607 g/mol. The number of halogens is 2. The summed E-state index contributed by atoms with van der Waals surface area (Å²) in [7, 11) is -4.50. The molecule has 0 aliphatic heterocycles. The lowest BCUT2D eigenvalue weighted by Gasteiger charge is -2.22. The van der Waals surface area contributed by atoms with E-state index in [0.717, 1.165) is 40.3 Å². The topological polar surface area (TPSA) is 157 Å². The molecule has 4 aromatic rings. The molecule has 13 heteroatoms. The third-order valence-corrected chi connectivity index (χ3v) is 8.62. The lowest BCUT2D eigenvalue weighted by Crippen LogP contribution is -2.20. The van der Waals surface area contributed by atoms with Gasteiger partial charge in [-0.2, -0.15) is 8.78 Å². The van der Waals surface area contributed by atoms with Gasteiger partial charge in [-0.05, 0) is 79.0 Å². The number of aromatic nitrogens is 2. The highest BCUT2D eigenvalue weighted by Crippen LogP contribution is 2.54. The van der Waals surface area contributed by atoms with Crippen molar-refractivity contribution in [3.8, 4) is 5.75 Å². The van der Waals surface area contributed by atoms with E-state index in [0.29, 0.717) is 35.6 Å². The molecular formula is C32H38F2N3O7P. The van der Waals surface area contributed by atoms with Gasteiger partial charge in [-0.15, -0.1) is 0 Å². The van der Waals surface area contributed by atoms with Crippen molar-refractivity contribution in [3.63, 3.8) is 0 Å². The van der Waals surface area contributed by atoms with Crippen LogP contribution in [0.5, 0.6) is 5.75 Å². The van der Waals surface area contributed by atoms with Gasteiger partial charge in [0.2, 0.25) is 0 Å². The number of ether oxygens (including phenoxy) is 3. The molecule has 0 radical (unpaired) electrons. The number of alkyl halides is 2. The zero-order valence-corrected chi connectivity index (χ0v) is 25.9. The number of carboxylic acid groups (broad SMARTS) is 1. The van der Waals surface area contributed by atoms with Crippen molar-refractivity contribution in [2.24, 2.45) is 0 Å². The molecule has 0 amide bonds. The van der Waals surface area contributed by atoms with Gasteiger partial charge < -0.3 is 34.8 Å². The fourth-order valence-electron chi connectivity index (χ4n) is 4.77. The molecule has 2 heterocycles. The maximum Gasteiger partial charge on any atom is 0.311 e.